The minimum absolute atomic E-state index is 0.242. The summed E-state index contributed by atoms with van der Waals surface area (Å²) in [7, 11) is -3.45. The van der Waals surface area contributed by atoms with Crippen molar-refractivity contribution >= 4 is 44.3 Å². The summed E-state index contributed by atoms with van der Waals surface area (Å²) < 4.78 is 26.0. The number of nitrogens with zero attached hydrogens (tertiary/aromatic N) is 1. The molecule has 0 aromatic heterocycles. The number of hydrogen-bond acceptors (Lipinski definition) is 5. The Morgan fingerprint density at radius 2 is 1.63 bits per heavy atom. The standard InChI is InChI=1S/C27H28N4O3S/c1-35(33,34)30-22-13-14-24-23(17-22)25(27(32)29-24)26(20-7-3-2-4-8-20)28-21-11-9-19(10-12-21)18-31-15-5-6-16-31/h2-4,7-14,17,28,30H,5-6,15-16,18H2,1H3,(H,29,32). The summed E-state index contributed by atoms with van der Waals surface area (Å²) in [6, 6.07) is 23.0. The van der Waals surface area contributed by atoms with Gasteiger partial charge in [-0.1, -0.05) is 42.5 Å². The predicted octanol–water partition coefficient (Wildman–Crippen LogP) is 4.59. The Hall–Kier alpha value is -3.62. The van der Waals surface area contributed by atoms with E-state index in [9.17, 15) is 13.2 Å². The molecule has 8 heteroatoms. The van der Waals surface area contributed by atoms with E-state index in [1.165, 1.54) is 18.4 Å². The van der Waals surface area contributed by atoms with Gasteiger partial charge in [0, 0.05) is 29.2 Å². The Morgan fingerprint density at radius 3 is 2.31 bits per heavy atom. The molecule has 3 N–H and O–H groups in total. The molecule has 2 heterocycles. The molecule has 0 aliphatic carbocycles. The molecule has 35 heavy (non-hydrogen) atoms. The van der Waals surface area contributed by atoms with Crippen LogP contribution in [0.3, 0.4) is 0 Å². The van der Waals surface area contributed by atoms with E-state index in [1.807, 2.05) is 42.5 Å². The SMILES string of the molecule is CS(=O)(=O)Nc1ccc2c(c1)C(=C(Nc1ccc(CN3CCCC3)cc1)c1ccccc1)C(=O)N2. The summed E-state index contributed by atoms with van der Waals surface area (Å²) >= 11 is 0. The number of carbonyl (C=O) groups excluding carboxylic acids is 1. The van der Waals surface area contributed by atoms with Gasteiger partial charge in [-0.2, -0.15) is 0 Å². The molecule has 0 atom stereocenters. The van der Waals surface area contributed by atoms with Crippen molar-refractivity contribution in [1.29, 1.82) is 0 Å². The van der Waals surface area contributed by atoms with E-state index in [1.54, 1.807) is 18.2 Å². The normalized spacial score (nSPS) is 17.1. The number of anilines is 3. The monoisotopic (exact) mass is 488 g/mol. The molecule has 1 amide bonds. The largest absolute Gasteiger partial charge is 0.354 e. The summed E-state index contributed by atoms with van der Waals surface area (Å²) in [4.78, 5) is 15.6. The highest BCUT2D eigenvalue weighted by Crippen LogP contribution is 2.39. The van der Waals surface area contributed by atoms with E-state index >= 15 is 0 Å². The number of likely N-dealkylation sites (tertiary alicyclic amines) is 1. The maximum absolute atomic E-state index is 13.1. The maximum atomic E-state index is 13.1. The van der Waals surface area contributed by atoms with Gasteiger partial charge in [0.2, 0.25) is 10.0 Å². The molecule has 1 saturated heterocycles. The van der Waals surface area contributed by atoms with Gasteiger partial charge in [0.1, 0.15) is 0 Å². The van der Waals surface area contributed by atoms with Crippen molar-refractivity contribution in [3.8, 4) is 0 Å². The molecule has 2 aliphatic rings. The summed E-state index contributed by atoms with van der Waals surface area (Å²) in [5.41, 5.74) is 5.78. The second kappa shape index (κ2) is 9.56. The van der Waals surface area contributed by atoms with Crippen molar-refractivity contribution in [3.63, 3.8) is 0 Å². The minimum atomic E-state index is -3.45. The van der Waals surface area contributed by atoms with Gasteiger partial charge in [0.05, 0.1) is 17.5 Å². The van der Waals surface area contributed by atoms with Crippen LogP contribution in [-0.2, 0) is 21.4 Å². The number of amides is 1. The average molecular weight is 489 g/mol. The highest BCUT2D eigenvalue weighted by molar-refractivity contribution is 7.92. The molecular weight excluding hydrogens is 460 g/mol. The van der Waals surface area contributed by atoms with Crippen molar-refractivity contribution < 1.29 is 13.2 Å². The van der Waals surface area contributed by atoms with Gasteiger partial charge in [0.25, 0.3) is 5.91 Å². The highest BCUT2D eigenvalue weighted by Gasteiger charge is 2.29. The summed E-state index contributed by atoms with van der Waals surface area (Å²) in [5.74, 6) is -0.242. The summed E-state index contributed by atoms with van der Waals surface area (Å²) in [6.45, 7) is 3.24. The molecule has 0 radical (unpaired) electrons. The molecule has 180 valence electrons. The number of hydrogen-bond donors (Lipinski definition) is 3. The molecular formula is C27H28N4O3S. The predicted molar refractivity (Wildman–Crippen MR) is 141 cm³/mol. The molecule has 0 bridgehead atoms. The van der Waals surface area contributed by atoms with E-state index in [0.29, 0.717) is 28.2 Å². The second-order valence-corrected chi connectivity index (χ2v) is 10.8. The van der Waals surface area contributed by atoms with E-state index in [4.69, 9.17) is 0 Å². The van der Waals surface area contributed by atoms with Gasteiger partial charge in [-0.15, -0.1) is 0 Å². The number of nitrogens with one attached hydrogen (secondary N) is 3. The second-order valence-electron chi connectivity index (χ2n) is 9.01. The van der Waals surface area contributed by atoms with Crippen molar-refractivity contribution in [2.45, 2.75) is 19.4 Å². The molecule has 0 saturated carbocycles. The van der Waals surface area contributed by atoms with Crippen LogP contribution < -0.4 is 15.4 Å². The Morgan fingerprint density at radius 1 is 0.943 bits per heavy atom. The third-order valence-corrected chi connectivity index (χ3v) is 6.81. The molecule has 2 aliphatic heterocycles. The van der Waals surface area contributed by atoms with Gasteiger partial charge in [-0.3, -0.25) is 14.4 Å². The number of carbonyl (C=O) groups is 1. The summed E-state index contributed by atoms with van der Waals surface area (Å²) in [6.07, 6.45) is 3.63. The van der Waals surface area contributed by atoms with E-state index in [2.05, 4.69) is 32.4 Å². The third-order valence-electron chi connectivity index (χ3n) is 6.21. The number of sulfonamides is 1. The first-order valence-electron chi connectivity index (χ1n) is 11.7. The van der Waals surface area contributed by atoms with Gasteiger partial charge < -0.3 is 10.6 Å². The van der Waals surface area contributed by atoms with E-state index in [0.717, 1.165) is 37.1 Å². The Labute approximate surface area is 205 Å². The van der Waals surface area contributed by atoms with Crippen molar-refractivity contribution in [2.75, 3.05) is 34.7 Å². The van der Waals surface area contributed by atoms with E-state index < -0.39 is 10.0 Å². The van der Waals surface area contributed by atoms with Crippen LogP contribution in [0.2, 0.25) is 0 Å². The van der Waals surface area contributed by atoms with Gasteiger partial charge in [0.15, 0.2) is 0 Å². The van der Waals surface area contributed by atoms with Crippen molar-refractivity contribution in [1.82, 2.24) is 4.90 Å². The first-order chi connectivity index (χ1) is 16.9. The van der Waals surface area contributed by atoms with Crippen LogP contribution in [0.4, 0.5) is 17.1 Å². The first-order valence-corrected chi connectivity index (χ1v) is 13.6. The van der Waals surface area contributed by atoms with Crippen LogP contribution >= 0.6 is 0 Å². The highest BCUT2D eigenvalue weighted by atomic mass is 32.2. The lowest BCUT2D eigenvalue weighted by molar-refractivity contribution is -0.110. The molecule has 5 rings (SSSR count). The number of benzene rings is 3. The van der Waals surface area contributed by atoms with Crippen molar-refractivity contribution in [2.24, 2.45) is 0 Å². The minimum Gasteiger partial charge on any atom is -0.354 e. The Kier molecular flexibility index (Phi) is 6.32. The smallest absolute Gasteiger partial charge is 0.258 e. The zero-order valence-electron chi connectivity index (χ0n) is 19.5. The molecule has 3 aromatic rings. The van der Waals surface area contributed by atoms with Gasteiger partial charge >= 0.3 is 0 Å². The number of rotatable bonds is 7. The fraction of sp³-hybridized carbons (Fsp3) is 0.222. The molecule has 1 fully saturated rings. The first kappa shape index (κ1) is 23.1. The average Bonchev–Trinajstić information content (AvgIpc) is 3.45. The quantitative estimate of drug-likeness (QED) is 0.424. The van der Waals surface area contributed by atoms with Crippen LogP contribution in [0, 0.1) is 0 Å². The van der Waals surface area contributed by atoms with Gasteiger partial charge in [-0.25, -0.2) is 8.42 Å². The molecule has 3 aromatic carbocycles. The van der Waals surface area contributed by atoms with Crippen LogP contribution in [0.5, 0.6) is 0 Å². The van der Waals surface area contributed by atoms with Crippen molar-refractivity contribution in [3.05, 3.63) is 89.5 Å². The third kappa shape index (κ3) is 5.39. The lowest BCUT2D eigenvalue weighted by atomic mass is 9.99. The number of fused-ring (bicyclic) bond motifs is 1. The summed E-state index contributed by atoms with van der Waals surface area (Å²) in [5, 5.41) is 6.37. The van der Waals surface area contributed by atoms with Crippen LogP contribution in [0.1, 0.15) is 29.5 Å². The zero-order chi connectivity index (χ0) is 24.4. The lowest BCUT2D eigenvalue weighted by Crippen LogP contribution is -2.18. The molecule has 0 spiro atoms. The Bertz CT molecular complexity index is 1380. The molecule has 0 unspecified atom stereocenters. The topological polar surface area (TPSA) is 90.5 Å². The van der Waals surface area contributed by atoms with Crippen LogP contribution in [0.25, 0.3) is 11.3 Å². The maximum Gasteiger partial charge on any atom is 0.258 e. The molecule has 7 nitrogen and oxygen atoms in total. The lowest BCUT2D eigenvalue weighted by Gasteiger charge is -2.17. The van der Waals surface area contributed by atoms with Gasteiger partial charge in [-0.05, 0) is 67.4 Å². The fourth-order valence-electron chi connectivity index (χ4n) is 4.61. The van der Waals surface area contributed by atoms with Crippen LogP contribution in [0.15, 0.2) is 72.8 Å². The Balaban J connectivity index is 1.52. The van der Waals surface area contributed by atoms with Crippen LogP contribution in [-0.4, -0.2) is 38.6 Å². The zero-order valence-corrected chi connectivity index (χ0v) is 20.4. The fourth-order valence-corrected chi connectivity index (χ4v) is 5.17. The van der Waals surface area contributed by atoms with E-state index in [-0.39, 0.29) is 5.91 Å².